The second-order valence-electron chi connectivity index (χ2n) is 24.3. The number of halogens is 2. The van der Waals surface area contributed by atoms with Crippen molar-refractivity contribution in [3.63, 3.8) is 0 Å². The van der Waals surface area contributed by atoms with Crippen LogP contribution >= 0.6 is 24.8 Å². The van der Waals surface area contributed by atoms with E-state index in [-0.39, 0.29) is 46.5 Å². The standard InChI is InChI=1S/2C30H35O.C2H6Si.2ClH.Zr/c2*1-18-12-21-13-22(27-11-10-19(2)31-27)16-26(21)28(20(18)3)23-14-24(29(4,5)6)17-25(15-23)30(7,8)9;1-3-2;;;/h2*10-17H,1-9H3;1-2H3;2*1H;. The number of rotatable bonds is 6. The molecule has 0 saturated carbocycles. The Labute approximate surface area is 430 Å². The van der Waals surface area contributed by atoms with E-state index in [0.29, 0.717) is 7.25 Å². The molecule has 4 aromatic carbocycles. The van der Waals surface area contributed by atoms with Gasteiger partial charge in [0.1, 0.15) is 0 Å². The van der Waals surface area contributed by atoms with Crippen LogP contribution in [0.1, 0.15) is 180 Å². The van der Waals surface area contributed by atoms with Gasteiger partial charge in [-0.25, -0.2) is 0 Å². The zero-order valence-electron chi connectivity index (χ0n) is 44.9. The van der Waals surface area contributed by atoms with E-state index < -0.39 is 25.8 Å². The average Bonchev–Trinajstić information content (AvgIpc) is 4.00. The Balaban J connectivity index is 0.00000381. The number of hydrogen-bond acceptors (Lipinski definition) is 2. The van der Waals surface area contributed by atoms with E-state index in [4.69, 9.17) is 8.83 Å². The second kappa shape index (κ2) is 19.0. The number of fused-ring (bicyclic) bond motifs is 2. The Morgan fingerprint density at radius 2 is 0.750 bits per heavy atom. The van der Waals surface area contributed by atoms with Gasteiger partial charge in [0.15, 0.2) is 0 Å². The van der Waals surface area contributed by atoms with Crippen LogP contribution in [0.3, 0.4) is 0 Å². The first-order valence-electron chi connectivity index (χ1n) is 24.4. The first-order chi connectivity index (χ1) is 30.5. The third-order valence-electron chi connectivity index (χ3n) is 14.8. The Morgan fingerprint density at radius 3 is 1.00 bits per heavy atom. The van der Waals surface area contributed by atoms with Crippen molar-refractivity contribution in [1.29, 1.82) is 0 Å². The summed E-state index contributed by atoms with van der Waals surface area (Å²) in [6.45, 7) is 47.2. The number of furan rings is 2. The normalized spacial score (nSPS) is 15.9. The largest absolute Gasteiger partial charge is 0.147 e. The maximum absolute atomic E-state index is 6.77. The maximum Gasteiger partial charge on any atom is -0.147 e. The van der Waals surface area contributed by atoms with Crippen LogP contribution in [0.25, 0.3) is 45.6 Å². The molecule has 2 atom stereocenters. The zero-order valence-corrected chi connectivity index (χ0v) is 50.0. The molecule has 0 radical (unpaired) electrons. The fourth-order valence-electron chi connectivity index (χ4n) is 10.6. The van der Waals surface area contributed by atoms with Gasteiger partial charge in [0.05, 0.1) is 0 Å². The monoisotopic (exact) mass is 1040 g/mol. The Morgan fingerprint density at radius 1 is 0.441 bits per heavy atom. The quantitative estimate of drug-likeness (QED) is 0.155. The van der Waals surface area contributed by atoms with Crippen LogP contribution in [0.4, 0.5) is 0 Å². The van der Waals surface area contributed by atoms with Crippen molar-refractivity contribution in [1.82, 2.24) is 0 Å². The van der Waals surface area contributed by atoms with Gasteiger partial charge in [-0.05, 0) is 0 Å². The molecule has 8 rings (SSSR count). The van der Waals surface area contributed by atoms with E-state index in [1.807, 2.05) is 0 Å². The average molecular weight is 1050 g/mol. The van der Waals surface area contributed by atoms with Crippen LogP contribution in [0.15, 0.2) is 81.6 Å². The summed E-state index contributed by atoms with van der Waals surface area (Å²) < 4.78 is 14.1. The molecule has 360 valence electrons. The molecule has 0 spiro atoms. The molecule has 2 aliphatic carbocycles. The molecule has 0 N–H and O–H groups in total. The van der Waals surface area contributed by atoms with Crippen molar-refractivity contribution in [2.75, 3.05) is 0 Å². The van der Waals surface area contributed by atoms with E-state index in [0.717, 1.165) is 23.0 Å². The zero-order chi connectivity index (χ0) is 48.3. The fourth-order valence-corrected chi connectivity index (χ4v) is 30.3. The van der Waals surface area contributed by atoms with Gasteiger partial charge in [0.2, 0.25) is 0 Å². The number of allylic oxidation sites excluding steroid dienone is 2. The summed E-state index contributed by atoms with van der Waals surface area (Å²) in [7, 11) is 0. The van der Waals surface area contributed by atoms with Crippen LogP contribution in [-0.4, -0.2) is 5.43 Å². The van der Waals surface area contributed by atoms with Crippen molar-refractivity contribution in [3.05, 3.63) is 163 Å². The van der Waals surface area contributed by atoms with E-state index in [1.165, 1.54) is 100 Å². The number of aryl methyl sites for hydroxylation is 4. The minimum atomic E-state index is -2.84. The van der Waals surface area contributed by atoms with Crippen molar-refractivity contribution in [2.24, 2.45) is 0 Å². The predicted molar refractivity (Wildman–Crippen MR) is 298 cm³/mol. The van der Waals surface area contributed by atoms with E-state index in [1.54, 1.807) is 0 Å². The smallest absolute Gasteiger partial charge is 0.147 e. The molecule has 68 heavy (non-hydrogen) atoms. The van der Waals surface area contributed by atoms with Gasteiger partial charge in [0, 0.05) is 0 Å². The van der Waals surface area contributed by atoms with Crippen molar-refractivity contribution in [2.45, 2.75) is 167 Å². The van der Waals surface area contributed by atoms with Gasteiger partial charge in [-0.15, -0.1) is 24.8 Å². The van der Waals surface area contributed by atoms with Crippen LogP contribution in [0.2, 0.25) is 13.1 Å². The summed E-state index contributed by atoms with van der Waals surface area (Å²) >= 11 is -2.84. The third-order valence-corrected chi connectivity index (χ3v) is 34.0. The molecule has 0 bridgehead atoms. The first kappa shape index (κ1) is 53.9. The Hall–Kier alpha value is -3.40. The van der Waals surface area contributed by atoms with Crippen molar-refractivity contribution < 1.29 is 29.2 Å². The van der Waals surface area contributed by atoms with Gasteiger partial charge in [-0.3, -0.25) is 0 Å². The van der Waals surface area contributed by atoms with Gasteiger partial charge < -0.3 is 0 Å². The molecule has 2 heterocycles. The van der Waals surface area contributed by atoms with Gasteiger partial charge in [0.25, 0.3) is 0 Å². The molecule has 2 aromatic heterocycles. The number of benzene rings is 4. The molecule has 6 aromatic rings. The molecule has 0 fully saturated rings. The van der Waals surface area contributed by atoms with Crippen LogP contribution in [0.5, 0.6) is 0 Å². The molecular formula is C62H78Cl2O2SiZr. The molecule has 2 nitrogen and oxygen atoms in total. The second-order valence-corrected chi connectivity index (χ2v) is 42.2. The molecule has 2 aliphatic rings. The molecule has 0 amide bonds. The van der Waals surface area contributed by atoms with E-state index in [2.05, 4.69) is 223 Å². The van der Waals surface area contributed by atoms with Crippen LogP contribution in [0, 0.1) is 41.5 Å². The summed E-state index contributed by atoms with van der Waals surface area (Å²) in [5.74, 6) is 3.99. The molecule has 0 aliphatic heterocycles. The van der Waals surface area contributed by atoms with Crippen molar-refractivity contribution in [3.8, 4) is 22.3 Å². The third kappa shape index (κ3) is 9.94. The Bertz CT molecular complexity index is 2780. The molecule has 0 saturated heterocycles. The van der Waals surface area contributed by atoms with Gasteiger partial charge in [-0.2, -0.15) is 0 Å². The van der Waals surface area contributed by atoms with E-state index >= 15 is 0 Å². The molecule has 2 unspecified atom stereocenters. The summed E-state index contributed by atoms with van der Waals surface area (Å²) in [5.41, 5.74) is 24.2. The summed E-state index contributed by atoms with van der Waals surface area (Å²) in [6, 6.07) is 29.0. The fraction of sp³-hybridized carbons (Fsp3) is 0.419. The van der Waals surface area contributed by atoms with Gasteiger partial charge >= 0.3 is 409 Å². The topological polar surface area (TPSA) is 26.3 Å². The predicted octanol–water partition coefficient (Wildman–Crippen LogP) is 18.9. The molecule has 6 heteroatoms. The summed E-state index contributed by atoms with van der Waals surface area (Å²) in [4.78, 5) is 0. The van der Waals surface area contributed by atoms with Crippen molar-refractivity contribution >= 4 is 53.5 Å². The van der Waals surface area contributed by atoms with Crippen LogP contribution in [-0.2, 0) is 42.0 Å². The molecular weight excluding hydrogens is 967 g/mol. The van der Waals surface area contributed by atoms with Gasteiger partial charge in [-0.1, -0.05) is 0 Å². The summed E-state index contributed by atoms with van der Waals surface area (Å²) in [5, 5.41) is 0. The summed E-state index contributed by atoms with van der Waals surface area (Å²) in [6.07, 6.45) is 5.17. The maximum atomic E-state index is 6.77. The minimum absolute atomic E-state index is 0. The number of hydrogen-bond donors (Lipinski definition) is 0. The Kier molecular flexibility index (Phi) is 15.1. The SMILES string of the molecule is Cc1ccc(C2=Cc3c(cc(C)c(C)c3-c3cc(C(C)(C)C)cc(C(C)(C)C)c3)[CH]2[Zr]([CH]2C(c3ccc(C)o3)=Cc3c2cc(C)c(C)c3-c2cc(C(C)(C)C)cc(C(C)(C)C)c2)=[Si](C)C)o1.Cl.Cl. The van der Waals surface area contributed by atoms with Crippen LogP contribution < -0.4 is 0 Å². The van der Waals surface area contributed by atoms with E-state index in [9.17, 15) is 0 Å². The first-order valence-corrected chi connectivity index (χ1v) is 33.4. The minimum Gasteiger partial charge on any atom is -0.147 e.